The molecule has 0 N–H and O–H groups in total. The first-order chi connectivity index (χ1) is 11.0. The standard InChI is InChI=1S/C18H35N3O2/c1-5-21(16-9-7-6-8-10-16)18(22)15(2)20-11-12-23-17(14-20)13-19(3)4/h15-17H,5-14H2,1-4H3/t15-,17-/m1/s1. The molecule has 1 aliphatic carbocycles. The van der Waals surface area contributed by atoms with E-state index >= 15 is 0 Å². The highest BCUT2D eigenvalue weighted by Crippen LogP contribution is 2.24. The lowest BCUT2D eigenvalue weighted by molar-refractivity contribution is -0.142. The van der Waals surface area contributed by atoms with Gasteiger partial charge in [-0.05, 0) is 40.8 Å². The van der Waals surface area contributed by atoms with E-state index in [1.165, 1.54) is 32.1 Å². The number of morpholine rings is 1. The van der Waals surface area contributed by atoms with Gasteiger partial charge in [0.2, 0.25) is 5.91 Å². The molecule has 23 heavy (non-hydrogen) atoms. The summed E-state index contributed by atoms with van der Waals surface area (Å²) in [5.74, 6) is 0.310. The Morgan fingerprint density at radius 2 is 1.96 bits per heavy atom. The van der Waals surface area contributed by atoms with Crippen molar-refractivity contribution in [2.75, 3.05) is 46.9 Å². The smallest absolute Gasteiger partial charge is 0.239 e. The summed E-state index contributed by atoms with van der Waals surface area (Å²) in [6, 6.07) is 0.424. The summed E-state index contributed by atoms with van der Waals surface area (Å²) in [6.07, 6.45) is 6.43. The lowest BCUT2D eigenvalue weighted by Crippen LogP contribution is -2.56. The van der Waals surface area contributed by atoms with Crippen molar-refractivity contribution in [2.45, 2.75) is 64.1 Å². The van der Waals surface area contributed by atoms with Crippen LogP contribution in [-0.4, -0.2) is 85.7 Å². The molecule has 0 aromatic heterocycles. The van der Waals surface area contributed by atoms with E-state index in [1.54, 1.807) is 0 Å². The Balaban J connectivity index is 1.93. The minimum absolute atomic E-state index is 0.0366. The normalized spacial score (nSPS) is 25.5. The summed E-state index contributed by atoms with van der Waals surface area (Å²) >= 11 is 0. The summed E-state index contributed by atoms with van der Waals surface area (Å²) in [7, 11) is 4.14. The van der Waals surface area contributed by atoms with Gasteiger partial charge in [0.1, 0.15) is 0 Å². The first-order valence-corrected chi connectivity index (χ1v) is 9.33. The molecule has 1 saturated carbocycles. The van der Waals surface area contributed by atoms with Gasteiger partial charge in [0, 0.05) is 32.2 Å². The zero-order chi connectivity index (χ0) is 16.8. The van der Waals surface area contributed by atoms with Crippen molar-refractivity contribution in [3.8, 4) is 0 Å². The summed E-state index contributed by atoms with van der Waals surface area (Å²) in [5, 5.41) is 0. The van der Waals surface area contributed by atoms with E-state index < -0.39 is 0 Å². The van der Waals surface area contributed by atoms with Gasteiger partial charge in [-0.15, -0.1) is 0 Å². The molecule has 5 nitrogen and oxygen atoms in total. The number of likely N-dealkylation sites (N-methyl/N-ethyl adjacent to an activating group) is 2. The number of nitrogens with zero attached hydrogens (tertiary/aromatic N) is 3. The van der Waals surface area contributed by atoms with Crippen molar-refractivity contribution in [3.05, 3.63) is 0 Å². The minimum Gasteiger partial charge on any atom is -0.374 e. The van der Waals surface area contributed by atoms with Crippen LogP contribution in [0.15, 0.2) is 0 Å². The molecule has 2 rings (SSSR count). The molecule has 0 radical (unpaired) electrons. The van der Waals surface area contributed by atoms with Gasteiger partial charge in [-0.25, -0.2) is 0 Å². The van der Waals surface area contributed by atoms with Gasteiger partial charge in [-0.1, -0.05) is 19.3 Å². The molecule has 0 unspecified atom stereocenters. The van der Waals surface area contributed by atoms with Crippen molar-refractivity contribution < 1.29 is 9.53 Å². The second-order valence-corrected chi connectivity index (χ2v) is 7.34. The highest BCUT2D eigenvalue weighted by molar-refractivity contribution is 5.81. The average Bonchev–Trinajstić information content (AvgIpc) is 2.55. The van der Waals surface area contributed by atoms with Crippen LogP contribution in [0, 0.1) is 0 Å². The monoisotopic (exact) mass is 325 g/mol. The molecular formula is C18H35N3O2. The van der Waals surface area contributed by atoms with Gasteiger partial charge in [0.25, 0.3) is 0 Å². The van der Waals surface area contributed by atoms with E-state index in [0.717, 1.165) is 32.8 Å². The van der Waals surface area contributed by atoms with Crippen LogP contribution in [0.5, 0.6) is 0 Å². The molecule has 5 heteroatoms. The lowest BCUT2D eigenvalue weighted by Gasteiger charge is -2.41. The molecule has 1 saturated heterocycles. The molecule has 2 aliphatic rings. The van der Waals surface area contributed by atoms with E-state index in [9.17, 15) is 4.79 Å². The Labute approximate surface area is 141 Å². The van der Waals surface area contributed by atoms with E-state index in [1.807, 2.05) is 0 Å². The quantitative estimate of drug-likeness (QED) is 0.746. The topological polar surface area (TPSA) is 36.0 Å². The number of rotatable bonds is 6. The number of amides is 1. The Kier molecular flexibility index (Phi) is 7.31. The number of carbonyl (C=O) groups is 1. The molecule has 0 aromatic carbocycles. The Morgan fingerprint density at radius 1 is 1.26 bits per heavy atom. The van der Waals surface area contributed by atoms with Crippen LogP contribution >= 0.6 is 0 Å². The Bertz CT molecular complexity index is 369. The summed E-state index contributed by atoms with van der Waals surface area (Å²) in [4.78, 5) is 19.6. The van der Waals surface area contributed by atoms with Crippen molar-refractivity contribution >= 4 is 5.91 Å². The molecule has 134 valence electrons. The maximum absolute atomic E-state index is 13.0. The van der Waals surface area contributed by atoms with E-state index in [2.05, 4.69) is 42.6 Å². The third kappa shape index (κ3) is 5.16. The second-order valence-electron chi connectivity index (χ2n) is 7.34. The predicted octanol–water partition coefficient (Wildman–Crippen LogP) is 1.82. The molecule has 2 atom stereocenters. The van der Waals surface area contributed by atoms with Crippen LogP contribution in [0.25, 0.3) is 0 Å². The zero-order valence-electron chi connectivity index (χ0n) is 15.5. The molecular weight excluding hydrogens is 290 g/mol. The van der Waals surface area contributed by atoms with Crippen molar-refractivity contribution in [2.24, 2.45) is 0 Å². The molecule has 1 heterocycles. The van der Waals surface area contributed by atoms with E-state index in [0.29, 0.717) is 11.9 Å². The largest absolute Gasteiger partial charge is 0.374 e. The van der Waals surface area contributed by atoms with Crippen LogP contribution in [-0.2, 0) is 9.53 Å². The average molecular weight is 325 g/mol. The fourth-order valence-electron chi connectivity index (χ4n) is 3.99. The maximum Gasteiger partial charge on any atom is 0.239 e. The molecule has 1 aliphatic heterocycles. The van der Waals surface area contributed by atoms with Crippen molar-refractivity contribution in [3.63, 3.8) is 0 Å². The first-order valence-electron chi connectivity index (χ1n) is 9.33. The van der Waals surface area contributed by atoms with Gasteiger partial charge >= 0.3 is 0 Å². The van der Waals surface area contributed by atoms with Gasteiger partial charge in [0.05, 0.1) is 18.8 Å². The van der Waals surface area contributed by atoms with Gasteiger partial charge in [-0.2, -0.15) is 0 Å². The number of ether oxygens (including phenoxy) is 1. The summed E-state index contributed by atoms with van der Waals surface area (Å²) in [6.45, 7) is 8.38. The molecule has 0 aromatic rings. The third-order valence-electron chi connectivity index (χ3n) is 5.28. The van der Waals surface area contributed by atoms with Crippen LogP contribution in [0.4, 0.5) is 0 Å². The highest BCUT2D eigenvalue weighted by atomic mass is 16.5. The minimum atomic E-state index is -0.0366. The fourth-order valence-corrected chi connectivity index (χ4v) is 3.99. The molecule has 0 bridgehead atoms. The Hall–Kier alpha value is -0.650. The number of hydrogen-bond acceptors (Lipinski definition) is 4. The highest BCUT2D eigenvalue weighted by Gasteiger charge is 2.33. The van der Waals surface area contributed by atoms with Crippen molar-refractivity contribution in [1.29, 1.82) is 0 Å². The predicted molar refractivity (Wildman–Crippen MR) is 93.6 cm³/mol. The molecule has 0 spiro atoms. The number of hydrogen-bond donors (Lipinski definition) is 0. The van der Waals surface area contributed by atoms with Gasteiger partial charge in [0.15, 0.2) is 0 Å². The number of carbonyl (C=O) groups excluding carboxylic acids is 1. The molecule has 1 amide bonds. The summed E-state index contributed by atoms with van der Waals surface area (Å²) in [5.41, 5.74) is 0. The fraction of sp³-hybridized carbons (Fsp3) is 0.944. The maximum atomic E-state index is 13.0. The summed E-state index contributed by atoms with van der Waals surface area (Å²) < 4.78 is 5.84. The van der Waals surface area contributed by atoms with Gasteiger partial charge in [-0.3, -0.25) is 9.69 Å². The third-order valence-corrected chi connectivity index (χ3v) is 5.28. The van der Waals surface area contributed by atoms with Crippen LogP contribution in [0.1, 0.15) is 46.0 Å². The van der Waals surface area contributed by atoms with Gasteiger partial charge < -0.3 is 14.5 Å². The first kappa shape index (κ1) is 18.7. The van der Waals surface area contributed by atoms with Crippen LogP contribution < -0.4 is 0 Å². The van der Waals surface area contributed by atoms with Crippen LogP contribution in [0.3, 0.4) is 0 Å². The Morgan fingerprint density at radius 3 is 2.57 bits per heavy atom. The molecule has 2 fully saturated rings. The SMILES string of the molecule is CCN(C(=O)[C@@H](C)N1CCO[C@H](CN(C)C)C1)C1CCCCC1. The van der Waals surface area contributed by atoms with E-state index in [4.69, 9.17) is 4.74 Å². The van der Waals surface area contributed by atoms with Crippen LogP contribution in [0.2, 0.25) is 0 Å². The van der Waals surface area contributed by atoms with Crippen molar-refractivity contribution in [1.82, 2.24) is 14.7 Å². The van der Waals surface area contributed by atoms with E-state index in [-0.39, 0.29) is 12.1 Å². The zero-order valence-corrected chi connectivity index (χ0v) is 15.5. The lowest BCUT2D eigenvalue weighted by atomic mass is 9.93. The second kappa shape index (κ2) is 9.00.